The van der Waals surface area contributed by atoms with Gasteiger partial charge in [0.1, 0.15) is 0 Å². The van der Waals surface area contributed by atoms with E-state index in [-0.39, 0.29) is 18.3 Å². The molecule has 0 saturated heterocycles. The smallest absolute Gasteiger partial charge is 0.322 e. The molecule has 5 heteroatoms. The number of aromatic nitrogens is 2. The van der Waals surface area contributed by atoms with Crippen LogP contribution in [0.25, 0.3) is 11.5 Å². The molecule has 0 aliphatic heterocycles. The first kappa shape index (κ1) is 16.9. The van der Waals surface area contributed by atoms with Crippen molar-refractivity contribution >= 4 is 11.9 Å². The Hall–Kier alpha value is -2.95. The molecule has 0 unspecified atom stereocenters. The summed E-state index contributed by atoms with van der Waals surface area (Å²) in [6.45, 7) is 6.09. The largest absolute Gasteiger partial charge is 0.403 e. The van der Waals surface area contributed by atoms with Crippen molar-refractivity contribution in [1.82, 2.24) is 10.2 Å². The van der Waals surface area contributed by atoms with Gasteiger partial charge < -0.3 is 4.42 Å². The minimum atomic E-state index is -0.180. The Bertz CT molecular complexity index is 882. The summed E-state index contributed by atoms with van der Waals surface area (Å²) in [5.74, 6) is 0.226. The molecule has 2 aromatic carbocycles. The number of hydrogen-bond donors (Lipinski definition) is 1. The number of nitrogens with zero attached hydrogens (tertiary/aromatic N) is 2. The molecular weight excluding hydrogens is 314 g/mol. The number of carbonyl (C=O) groups excluding carboxylic acids is 1. The maximum absolute atomic E-state index is 12.2. The topological polar surface area (TPSA) is 68.0 Å². The monoisotopic (exact) mass is 335 g/mol. The molecule has 25 heavy (non-hydrogen) atoms. The molecule has 1 heterocycles. The first-order chi connectivity index (χ1) is 12.0. The molecule has 0 atom stereocenters. The summed E-state index contributed by atoms with van der Waals surface area (Å²) in [5, 5.41) is 10.6. The minimum Gasteiger partial charge on any atom is -0.403 e. The predicted molar refractivity (Wildman–Crippen MR) is 97.4 cm³/mol. The van der Waals surface area contributed by atoms with Gasteiger partial charge in [-0.15, -0.1) is 5.10 Å². The van der Waals surface area contributed by atoms with Crippen molar-refractivity contribution in [2.24, 2.45) is 0 Å². The third-order valence-electron chi connectivity index (χ3n) is 4.09. The minimum absolute atomic E-state index is 0.117. The fourth-order valence-electron chi connectivity index (χ4n) is 2.59. The van der Waals surface area contributed by atoms with E-state index in [9.17, 15) is 4.79 Å². The van der Waals surface area contributed by atoms with E-state index in [4.69, 9.17) is 4.42 Å². The zero-order chi connectivity index (χ0) is 17.8. The van der Waals surface area contributed by atoms with Gasteiger partial charge in [-0.25, -0.2) is 0 Å². The van der Waals surface area contributed by atoms with Gasteiger partial charge in [-0.2, -0.15) is 0 Å². The summed E-state index contributed by atoms with van der Waals surface area (Å²) in [5.41, 5.74) is 5.23. The Morgan fingerprint density at radius 2 is 1.76 bits per heavy atom. The average molecular weight is 335 g/mol. The van der Waals surface area contributed by atoms with Crippen LogP contribution in [0.4, 0.5) is 6.01 Å². The Morgan fingerprint density at radius 3 is 2.48 bits per heavy atom. The van der Waals surface area contributed by atoms with Crippen molar-refractivity contribution in [3.8, 4) is 11.5 Å². The van der Waals surface area contributed by atoms with E-state index in [0.717, 1.165) is 28.7 Å². The van der Waals surface area contributed by atoms with Crippen LogP contribution >= 0.6 is 0 Å². The van der Waals surface area contributed by atoms with Crippen molar-refractivity contribution in [3.05, 3.63) is 64.7 Å². The molecule has 5 nitrogen and oxygen atoms in total. The van der Waals surface area contributed by atoms with Crippen LogP contribution in [0.15, 0.2) is 46.9 Å². The summed E-state index contributed by atoms with van der Waals surface area (Å²) in [6.07, 6.45) is 1.25. The fourth-order valence-corrected chi connectivity index (χ4v) is 2.59. The lowest BCUT2D eigenvalue weighted by Gasteiger charge is -2.03. The number of nitrogens with one attached hydrogen (secondary N) is 1. The lowest BCUT2D eigenvalue weighted by molar-refractivity contribution is -0.115. The van der Waals surface area contributed by atoms with Gasteiger partial charge in [0.05, 0.1) is 6.42 Å². The van der Waals surface area contributed by atoms with Crippen molar-refractivity contribution in [2.45, 2.75) is 33.6 Å². The van der Waals surface area contributed by atoms with Gasteiger partial charge >= 0.3 is 6.01 Å². The van der Waals surface area contributed by atoms with Crippen LogP contribution in [0.2, 0.25) is 0 Å². The molecule has 3 rings (SSSR count). The highest BCUT2D eigenvalue weighted by Crippen LogP contribution is 2.24. The number of anilines is 1. The number of rotatable bonds is 5. The summed E-state index contributed by atoms with van der Waals surface area (Å²) in [6, 6.07) is 14.1. The van der Waals surface area contributed by atoms with Gasteiger partial charge in [-0.3, -0.25) is 10.1 Å². The third-order valence-corrected chi connectivity index (χ3v) is 4.09. The Balaban J connectivity index is 1.68. The molecule has 3 aromatic rings. The van der Waals surface area contributed by atoms with E-state index in [0.29, 0.717) is 5.89 Å². The van der Waals surface area contributed by atoms with Gasteiger partial charge in [0.25, 0.3) is 0 Å². The van der Waals surface area contributed by atoms with Crippen LogP contribution in [0.5, 0.6) is 0 Å². The molecule has 1 amide bonds. The summed E-state index contributed by atoms with van der Waals surface area (Å²) in [7, 11) is 0. The van der Waals surface area contributed by atoms with Crippen molar-refractivity contribution in [2.75, 3.05) is 5.32 Å². The maximum atomic E-state index is 12.2. The Morgan fingerprint density at radius 1 is 1.04 bits per heavy atom. The molecule has 1 aromatic heterocycles. The molecule has 0 spiro atoms. The summed E-state index contributed by atoms with van der Waals surface area (Å²) in [4.78, 5) is 12.2. The summed E-state index contributed by atoms with van der Waals surface area (Å²) < 4.78 is 5.60. The molecular formula is C20H21N3O2. The highest BCUT2D eigenvalue weighted by molar-refractivity contribution is 5.90. The highest BCUT2D eigenvalue weighted by Gasteiger charge is 2.13. The average Bonchev–Trinajstić information content (AvgIpc) is 3.05. The molecule has 0 aliphatic carbocycles. The molecule has 1 N–H and O–H groups in total. The molecule has 0 aliphatic rings. The van der Waals surface area contributed by atoms with Crippen molar-refractivity contribution in [3.63, 3.8) is 0 Å². The number of hydrogen-bond acceptors (Lipinski definition) is 4. The van der Waals surface area contributed by atoms with Crippen molar-refractivity contribution < 1.29 is 9.21 Å². The fraction of sp³-hybridized carbons (Fsp3) is 0.250. The number of amides is 1. The predicted octanol–water partition coefficient (Wildman–Crippen LogP) is 4.10. The molecule has 0 bridgehead atoms. The Kier molecular flexibility index (Phi) is 4.93. The van der Waals surface area contributed by atoms with Gasteiger partial charge in [-0.1, -0.05) is 54.0 Å². The van der Waals surface area contributed by atoms with E-state index < -0.39 is 0 Å². The lowest BCUT2D eigenvalue weighted by Crippen LogP contribution is -2.14. The van der Waals surface area contributed by atoms with Crippen LogP contribution in [0.1, 0.15) is 29.2 Å². The quantitative estimate of drug-likeness (QED) is 0.762. The van der Waals surface area contributed by atoms with E-state index >= 15 is 0 Å². The second-order valence-corrected chi connectivity index (χ2v) is 6.13. The molecule has 0 saturated carbocycles. The Labute approximate surface area is 147 Å². The van der Waals surface area contributed by atoms with Crippen LogP contribution in [-0.4, -0.2) is 16.1 Å². The van der Waals surface area contributed by atoms with Gasteiger partial charge in [0.2, 0.25) is 11.8 Å². The zero-order valence-corrected chi connectivity index (χ0v) is 14.7. The third kappa shape index (κ3) is 4.12. The van der Waals surface area contributed by atoms with Gasteiger partial charge in [-0.05, 0) is 43.0 Å². The first-order valence-electron chi connectivity index (χ1n) is 8.34. The summed E-state index contributed by atoms with van der Waals surface area (Å²) >= 11 is 0. The van der Waals surface area contributed by atoms with Gasteiger partial charge in [0.15, 0.2) is 0 Å². The first-order valence-corrected chi connectivity index (χ1v) is 8.34. The van der Waals surface area contributed by atoms with Crippen molar-refractivity contribution in [1.29, 1.82) is 0 Å². The standard InChI is InChI=1S/C20H21N3O2/c1-4-15-7-9-16(10-8-15)12-18(24)21-20-23-22-19(25-20)17-11-13(2)5-6-14(17)3/h5-11H,4,12H2,1-3H3,(H,21,23,24). The van der Waals surface area contributed by atoms with E-state index in [1.165, 1.54) is 5.56 Å². The lowest BCUT2D eigenvalue weighted by atomic mass is 10.1. The zero-order valence-electron chi connectivity index (χ0n) is 14.7. The number of benzene rings is 2. The number of aryl methyl sites for hydroxylation is 3. The molecule has 128 valence electrons. The van der Waals surface area contributed by atoms with Crippen LogP contribution in [-0.2, 0) is 17.6 Å². The van der Waals surface area contributed by atoms with Gasteiger partial charge in [0, 0.05) is 5.56 Å². The van der Waals surface area contributed by atoms with E-state index in [1.54, 1.807) is 0 Å². The van der Waals surface area contributed by atoms with E-state index in [2.05, 4.69) is 22.4 Å². The van der Waals surface area contributed by atoms with Crippen LogP contribution in [0, 0.1) is 13.8 Å². The normalized spacial score (nSPS) is 10.7. The second-order valence-electron chi connectivity index (χ2n) is 6.13. The number of carbonyl (C=O) groups is 1. The maximum Gasteiger partial charge on any atom is 0.322 e. The SMILES string of the molecule is CCc1ccc(CC(=O)Nc2nnc(-c3cc(C)ccc3C)o2)cc1. The second kappa shape index (κ2) is 7.30. The van der Waals surface area contributed by atoms with Crippen LogP contribution < -0.4 is 5.32 Å². The van der Waals surface area contributed by atoms with Crippen LogP contribution in [0.3, 0.4) is 0 Å². The van der Waals surface area contributed by atoms with E-state index in [1.807, 2.05) is 56.3 Å². The molecule has 0 fully saturated rings. The molecule has 0 radical (unpaired) electrons. The highest BCUT2D eigenvalue weighted by atomic mass is 16.4.